The average molecular weight is 525 g/mol. The molecule has 0 spiro atoms. The highest BCUT2D eigenvalue weighted by Gasteiger charge is 2.77. The summed E-state index contributed by atoms with van der Waals surface area (Å²) in [7, 11) is 1.42. The van der Waals surface area contributed by atoms with Crippen molar-refractivity contribution in [1.29, 1.82) is 5.26 Å². The van der Waals surface area contributed by atoms with Crippen LogP contribution in [0.25, 0.3) is 4.85 Å². The quantitative estimate of drug-likeness (QED) is 0.490. The summed E-state index contributed by atoms with van der Waals surface area (Å²) in [5.74, 6) is -0.633. The number of methoxy groups -OCH3 is 1. The van der Waals surface area contributed by atoms with Crippen molar-refractivity contribution in [3.8, 4) is 17.7 Å². The number of hydrogen-bond acceptors (Lipinski definition) is 8. The molecule has 3 aromatic rings. The molecule has 0 amide bonds. The van der Waals surface area contributed by atoms with Gasteiger partial charge < -0.3 is 29.3 Å². The molecule has 0 radical (unpaired) electrons. The second-order valence-electron chi connectivity index (χ2n) is 10.2. The Bertz CT molecular complexity index is 1460. The Hall–Kier alpha value is -3.99. The molecule has 198 valence electrons. The van der Waals surface area contributed by atoms with Crippen LogP contribution in [-0.2, 0) is 15.9 Å². The van der Waals surface area contributed by atoms with Gasteiger partial charge in [0.25, 0.3) is 5.82 Å². The maximum absolute atomic E-state index is 12.9. The van der Waals surface area contributed by atoms with Gasteiger partial charge in [-0.25, -0.2) is 0 Å². The first kappa shape index (κ1) is 25.3. The summed E-state index contributed by atoms with van der Waals surface area (Å²) in [6.45, 7) is 10.6. The molecule has 1 aromatic heterocycles. The normalized spacial score (nSPS) is 29.5. The van der Waals surface area contributed by atoms with Gasteiger partial charge in [-0.05, 0) is 23.3 Å². The molecule has 9 heteroatoms. The molecule has 0 unspecified atom stereocenters. The first-order valence-electron chi connectivity index (χ1n) is 12.9. The van der Waals surface area contributed by atoms with E-state index in [0.29, 0.717) is 44.0 Å². The van der Waals surface area contributed by atoms with Crippen LogP contribution >= 0.6 is 0 Å². The van der Waals surface area contributed by atoms with E-state index in [9.17, 15) is 15.5 Å². The minimum Gasteiger partial charge on any atom is -0.479 e. The predicted molar refractivity (Wildman–Crippen MR) is 140 cm³/mol. The molecule has 1 saturated carbocycles. The molecule has 2 N–H and O–H groups in total. The topological polar surface area (TPSA) is 112 Å². The first-order valence-corrected chi connectivity index (χ1v) is 12.9. The number of pyridine rings is 1. The van der Waals surface area contributed by atoms with Crippen molar-refractivity contribution >= 4 is 5.82 Å². The van der Waals surface area contributed by atoms with E-state index in [1.165, 1.54) is 13.2 Å². The molecule has 2 aliphatic heterocycles. The lowest BCUT2D eigenvalue weighted by atomic mass is 9.70. The van der Waals surface area contributed by atoms with E-state index in [4.69, 9.17) is 20.8 Å². The largest absolute Gasteiger partial charge is 0.479 e. The van der Waals surface area contributed by atoms with Crippen LogP contribution < -0.4 is 9.47 Å². The number of fused-ring (bicyclic) bond motifs is 3. The van der Waals surface area contributed by atoms with E-state index < -0.39 is 29.1 Å². The van der Waals surface area contributed by atoms with E-state index in [-0.39, 0.29) is 23.0 Å². The molecule has 9 nitrogen and oxygen atoms in total. The minimum absolute atomic E-state index is 0.0365. The van der Waals surface area contributed by atoms with Gasteiger partial charge in [-0.1, -0.05) is 54.0 Å². The van der Waals surface area contributed by atoms with Crippen LogP contribution in [0.2, 0.25) is 0 Å². The van der Waals surface area contributed by atoms with Crippen LogP contribution in [0, 0.1) is 23.8 Å². The van der Waals surface area contributed by atoms with Crippen LogP contribution in [0.4, 0.5) is 5.82 Å². The summed E-state index contributed by atoms with van der Waals surface area (Å²) in [4.78, 5) is 10.0. The Morgan fingerprint density at radius 1 is 1.18 bits per heavy atom. The smallest absolute Gasteiger partial charge is 0.319 e. The minimum atomic E-state index is -1.98. The lowest BCUT2D eigenvalue weighted by Gasteiger charge is -2.41. The lowest BCUT2D eigenvalue weighted by molar-refractivity contribution is -0.152. The van der Waals surface area contributed by atoms with Crippen LogP contribution in [0.15, 0.2) is 60.7 Å². The average Bonchev–Trinajstić information content (AvgIpc) is 3.36. The Labute approximate surface area is 226 Å². The molecular formula is C30H28N4O5. The summed E-state index contributed by atoms with van der Waals surface area (Å²) < 4.78 is 18.0. The summed E-state index contributed by atoms with van der Waals surface area (Å²) >= 11 is 0. The number of nitriles is 1. The van der Waals surface area contributed by atoms with Crippen molar-refractivity contribution in [3.05, 3.63) is 94.3 Å². The Morgan fingerprint density at radius 2 is 1.90 bits per heavy atom. The molecule has 0 bridgehead atoms. The molecule has 39 heavy (non-hydrogen) atoms. The molecule has 6 rings (SSSR count). The fraction of sp³-hybridized carbons (Fsp3) is 0.367. The van der Waals surface area contributed by atoms with Crippen molar-refractivity contribution in [2.75, 3.05) is 40.0 Å². The Morgan fingerprint density at radius 3 is 2.54 bits per heavy atom. The van der Waals surface area contributed by atoms with Gasteiger partial charge in [-0.15, -0.1) is 0 Å². The fourth-order valence-electron chi connectivity index (χ4n) is 6.70. The third-order valence-corrected chi connectivity index (χ3v) is 8.34. The van der Waals surface area contributed by atoms with Crippen molar-refractivity contribution in [2.45, 2.75) is 23.2 Å². The van der Waals surface area contributed by atoms with Gasteiger partial charge in [0.05, 0.1) is 38.1 Å². The molecular weight excluding hydrogens is 496 g/mol. The molecule has 5 atom stereocenters. The monoisotopic (exact) mass is 524 g/mol. The van der Waals surface area contributed by atoms with E-state index in [1.54, 1.807) is 24.3 Å². The van der Waals surface area contributed by atoms with Crippen LogP contribution in [0.1, 0.15) is 28.2 Å². The van der Waals surface area contributed by atoms with E-state index in [0.717, 1.165) is 5.56 Å². The zero-order valence-corrected chi connectivity index (χ0v) is 21.4. The summed E-state index contributed by atoms with van der Waals surface area (Å²) in [5.41, 5.74) is -1.31. The Kier molecular flexibility index (Phi) is 6.25. The van der Waals surface area contributed by atoms with Gasteiger partial charge in [-0.2, -0.15) is 5.26 Å². The third kappa shape index (κ3) is 3.63. The molecule has 2 aromatic carbocycles. The number of aliphatic hydroxyl groups excluding tert-OH is 1. The summed E-state index contributed by atoms with van der Waals surface area (Å²) in [6.07, 6.45) is -1.28. The summed E-state index contributed by atoms with van der Waals surface area (Å²) in [6, 6.07) is 20.3. The van der Waals surface area contributed by atoms with Gasteiger partial charge in [0.15, 0.2) is 11.2 Å². The van der Waals surface area contributed by atoms with E-state index >= 15 is 0 Å². The molecule has 1 aliphatic carbocycles. The van der Waals surface area contributed by atoms with Gasteiger partial charge in [-0.3, -0.25) is 4.90 Å². The van der Waals surface area contributed by atoms with Crippen LogP contribution in [0.5, 0.6) is 11.6 Å². The fourth-order valence-corrected chi connectivity index (χ4v) is 6.70. The number of rotatable bonds is 5. The van der Waals surface area contributed by atoms with Gasteiger partial charge >= 0.3 is 5.88 Å². The van der Waals surface area contributed by atoms with Crippen LogP contribution in [0.3, 0.4) is 0 Å². The lowest BCUT2D eigenvalue weighted by Crippen LogP contribution is -2.52. The van der Waals surface area contributed by atoms with Gasteiger partial charge in [0.2, 0.25) is 0 Å². The van der Waals surface area contributed by atoms with Crippen molar-refractivity contribution < 1.29 is 24.4 Å². The first-order chi connectivity index (χ1) is 19.0. The number of aliphatic hydroxyl groups is 2. The maximum atomic E-state index is 12.9. The van der Waals surface area contributed by atoms with Crippen molar-refractivity contribution in [2.24, 2.45) is 5.92 Å². The molecule has 3 aliphatic rings. The second kappa shape index (κ2) is 9.64. The number of aromatic nitrogens is 1. The third-order valence-electron chi connectivity index (χ3n) is 8.34. The zero-order chi connectivity index (χ0) is 27.2. The van der Waals surface area contributed by atoms with E-state index in [1.807, 2.05) is 30.3 Å². The number of morpholine rings is 1. The van der Waals surface area contributed by atoms with Crippen molar-refractivity contribution in [1.82, 2.24) is 9.88 Å². The van der Waals surface area contributed by atoms with Gasteiger partial charge in [0.1, 0.15) is 11.3 Å². The molecule has 1 saturated heterocycles. The maximum Gasteiger partial charge on any atom is 0.319 e. The standard InChI is InChI=1S/C30H28N4O5/c1-32-24-16-23-26(28(33-24)37-2)29(36)27(35)22(18-34-12-14-38-15-13-34)25(20-6-4-3-5-7-20)30(29,39-23)21-10-8-19(17-31)9-11-21/h3-11,16,22,25,27,35-36H,12-15,18H2,2H3/t22-,25-,27-,29+,30+/m1/s1. The Balaban J connectivity index is 1.63. The molecule has 2 fully saturated rings. The number of hydrogen-bond donors (Lipinski definition) is 2. The van der Waals surface area contributed by atoms with E-state index in [2.05, 4.69) is 20.8 Å². The van der Waals surface area contributed by atoms with Crippen LogP contribution in [-0.4, -0.2) is 66.2 Å². The number of ether oxygens (including phenoxy) is 3. The number of benzene rings is 2. The second-order valence-corrected chi connectivity index (χ2v) is 10.2. The predicted octanol–water partition coefficient (Wildman–Crippen LogP) is 3.09. The highest BCUT2D eigenvalue weighted by molar-refractivity contribution is 5.62. The number of nitrogens with zero attached hydrogens (tertiary/aromatic N) is 4. The highest BCUT2D eigenvalue weighted by Crippen LogP contribution is 2.69. The molecule has 3 heterocycles. The highest BCUT2D eigenvalue weighted by atomic mass is 16.5. The zero-order valence-electron chi connectivity index (χ0n) is 21.4. The van der Waals surface area contributed by atoms with Gasteiger partial charge in [0, 0.05) is 37.5 Å². The van der Waals surface area contributed by atoms with Crippen molar-refractivity contribution in [3.63, 3.8) is 0 Å². The summed E-state index contributed by atoms with van der Waals surface area (Å²) in [5, 5.41) is 34.6. The SMILES string of the molecule is [C-]#[N+]c1cc2c(c(OC)n1)[C@]1(O)[C@H](O)[C@H](CN3CCOCC3)[C@@H](c3ccccc3)[C@]1(c1ccc(C#N)cc1)O2.